The molecule has 38 heavy (non-hydrogen) atoms. The summed E-state index contributed by atoms with van der Waals surface area (Å²) in [5.41, 5.74) is 5.68. The third kappa shape index (κ3) is 6.11. The van der Waals surface area contributed by atoms with Crippen LogP contribution in [0, 0.1) is 0 Å². The number of hydrogen-bond donors (Lipinski definition) is 1. The maximum absolute atomic E-state index is 14.1. The zero-order chi connectivity index (χ0) is 25.9. The van der Waals surface area contributed by atoms with E-state index in [0.717, 1.165) is 57.4 Å². The van der Waals surface area contributed by atoms with Crippen molar-refractivity contribution >= 4 is 39.9 Å². The van der Waals surface area contributed by atoms with Gasteiger partial charge in [0.1, 0.15) is 5.75 Å². The van der Waals surface area contributed by atoms with Crippen LogP contribution in [0.1, 0.15) is 66.5 Å². The zero-order valence-corrected chi connectivity index (χ0v) is 24.0. The van der Waals surface area contributed by atoms with E-state index in [1.54, 1.807) is 12.3 Å². The molecule has 0 radical (unpaired) electrons. The van der Waals surface area contributed by atoms with Crippen LogP contribution in [-0.4, -0.2) is 25.8 Å². The number of benzene rings is 2. The molecule has 8 heteroatoms. The van der Waals surface area contributed by atoms with Crippen LogP contribution < -0.4 is 4.90 Å². The van der Waals surface area contributed by atoms with E-state index in [2.05, 4.69) is 52.0 Å². The summed E-state index contributed by atoms with van der Waals surface area (Å²) < 4.78 is 2.94. The van der Waals surface area contributed by atoms with Gasteiger partial charge in [-0.2, -0.15) is 5.10 Å². The first-order valence-electron chi connectivity index (χ1n) is 12.7. The van der Waals surface area contributed by atoms with Crippen molar-refractivity contribution in [3.8, 4) is 5.75 Å². The lowest BCUT2D eigenvalue weighted by Crippen LogP contribution is -2.36. The highest BCUT2D eigenvalue weighted by Gasteiger charge is 2.32. The molecule has 2 heterocycles. The van der Waals surface area contributed by atoms with Crippen molar-refractivity contribution in [2.45, 2.75) is 58.0 Å². The molecular weight excluding hydrogens is 564 g/mol. The number of phenolic OH excluding ortho intramolecular Hbond substituents is 1. The molecule has 0 aliphatic heterocycles. The number of carbonyl (C=O) groups is 1. The molecule has 1 aliphatic carbocycles. The highest BCUT2D eigenvalue weighted by Crippen LogP contribution is 2.38. The number of anilines is 1. The summed E-state index contributed by atoms with van der Waals surface area (Å²) in [5.74, 6) is 0.298. The van der Waals surface area contributed by atoms with Gasteiger partial charge in [-0.05, 0) is 72.2 Å². The Hall–Kier alpha value is -3.16. The van der Waals surface area contributed by atoms with Gasteiger partial charge in [-0.3, -0.25) is 14.5 Å². The molecule has 198 valence electrons. The first-order valence-corrected chi connectivity index (χ1v) is 13.5. The van der Waals surface area contributed by atoms with Crippen molar-refractivity contribution in [3.05, 3.63) is 106 Å². The van der Waals surface area contributed by atoms with Gasteiger partial charge in [-0.25, -0.2) is 0 Å². The van der Waals surface area contributed by atoms with Gasteiger partial charge in [0, 0.05) is 21.9 Å². The Morgan fingerprint density at radius 1 is 1.11 bits per heavy atom. The Kier molecular flexibility index (Phi) is 8.90. The molecule has 0 bridgehead atoms. The van der Waals surface area contributed by atoms with Gasteiger partial charge in [0.25, 0.3) is 0 Å². The maximum Gasteiger partial charge on any atom is 0.234 e. The van der Waals surface area contributed by atoms with Crippen LogP contribution in [0.3, 0.4) is 0 Å². The minimum absolute atomic E-state index is 0. The number of amides is 1. The number of aromatic nitrogens is 3. The monoisotopic (exact) mass is 594 g/mol. The number of halogens is 2. The molecule has 2 aromatic carbocycles. The van der Waals surface area contributed by atoms with Crippen molar-refractivity contribution in [3.63, 3.8) is 0 Å². The molecule has 0 saturated heterocycles. The molecule has 1 atom stereocenters. The Morgan fingerprint density at radius 2 is 1.89 bits per heavy atom. The van der Waals surface area contributed by atoms with E-state index in [-0.39, 0.29) is 30.0 Å². The maximum atomic E-state index is 14.1. The third-order valence-electron chi connectivity index (χ3n) is 7.01. The van der Waals surface area contributed by atoms with Crippen LogP contribution in [0.25, 0.3) is 0 Å². The molecule has 0 spiro atoms. The van der Waals surface area contributed by atoms with Gasteiger partial charge in [-0.1, -0.05) is 54.0 Å². The fourth-order valence-electron chi connectivity index (χ4n) is 5.00. The minimum atomic E-state index is -0.307. The summed E-state index contributed by atoms with van der Waals surface area (Å²) in [6, 6.07) is 17.7. The lowest BCUT2D eigenvalue weighted by Gasteiger charge is -2.31. The van der Waals surface area contributed by atoms with Gasteiger partial charge in [0.15, 0.2) is 0 Å². The zero-order valence-electron chi connectivity index (χ0n) is 21.5. The summed E-state index contributed by atoms with van der Waals surface area (Å²) in [4.78, 5) is 20.6. The summed E-state index contributed by atoms with van der Waals surface area (Å²) in [7, 11) is 0. The van der Waals surface area contributed by atoms with Crippen LogP contribution >= 0.6 is 28.3 Å². The molecule has 1 aliphatic rings. The van der Waals surface area contributed by atoms with Crippen LogP contribution in [-0.2, 0) is 24.3 Å². The van der Waals surface area contributed by atoms with Crippen LogP contribution in [0.4, 0.5) is 5.69 Å². The fourth-order valence-corrected chi connectivity index (χ4v) is 5.27. The van der Waals surface area contributed by atoms with Crippen molar-refractivity contribution in [1.29, 1.82) is 0 Å². The first-order chi connectivity index (χ1) is 17.9. The number of fused-ring (bicyclic) bond motifs is 1. The van der Waals surface area contributed by atoms with Crippen molar-refractivity contribution < 1.29 is 9.90 Å². The summed E-state index contributed by atoms with van der Waals surface area (Å²) >= 11 is 3.48. The molecular formula is C30H32BrClN4O2. The predicted octanol–water partition coefficient (Wildman–Crippen LogP) is 6.99. The van der Waals surface area contributed by atoms with E-state index in [1.165, 1.54) is 0 Å². The largest absolute Gasteiger partial charge is 0.508 e. The minimum Gasteiger partial charge on any atom is -0.508 e. The highest BCUT2D eigenvalue weighted by atomic mass is 79.9. The highest BCUT2D eigenvalue weighted by molar-refractivity contribution is 9.10. The van der Waals surface area contributed by atoms with E-state index >= 15 is 0 Å². The fraction of sp³-hybridized carbons (Fsp3) is 0.300. The van der Waals surface area contributed by atoms with E-state index in [9.17, 15) is 9.90 Å². The normalized spacial score (nSPS) is 14.6. The van der Waals surface area contributed by atoms with Crippen LogP contribution in [0.2, 0.25) is 0 Å². The quantitative estimate of drug-likeness (QED) is 0.250. The number of aromatic hydroxyl groups is 1. The van der Waals surface area contributed by atoms with E-state index in [4.69, 9.17) is 0 Å². The van der Waals surface area contributed by atoms with Crippen molar-refractivity contribution in [1.82, 2.24) is 14.8 Å². The van der Waals surface area contributed by atoms with Gasteiger partial charge >= 0.3 is 0 Å². The van der Waals surface area contributed by atoms with E-state index in [1.807, 2.05) is 58.4 Å². The number of phenols is 1. The second-order valence-electron chi connectivity index (χ2n) is 9.98. The van der Waals surface area contributed by atoms with Crippen molar-refractivity contribution in [2.24, 2.45) is 0 Å². The number of nitrogens with zero attached hydrogens (tertiary/aromatic N) is 4. The average molecular weight is 596 g/mol. The number of hydrogen-bond acceptors (Lipinski definition) is 4. The topological polar surface area (TPSA) is 71.2 Å². The molecule has 1 amide bonds. The number of pyridine rings is 1. The Balaban J connectivity index is 0.00000336. The smallest absolute Gasteiger partial charge is 0.234 e. The van der Waals surface area contributed by atoms with Crippen molar-refractivity contribution in [2.75, 3.05) is 4.90 Å². The second-order valence-corrected chi connectivity index (χ2v) is 10.9. The van der Waals surface area contributed by atoms with Gasteiger partial charge in [-0.15, -0.1) is 12.4 Å². The predicted molar refractivity (Wildman–Crippen MR) is 156 cm³/mol. The molecule has 5 rings (SSSR count). The number of carbonyl (C=O) groups excluding carboxylic acids is 1. The first kappa shape index (κ1) is 27.9. The van der Waals surface area contributed by atoms with Gasteiger partial charge in [0.05, 0.1) is 37.1 Å². The average Bonchev–Trinajstić information content (AvgIpc) is 3.35. The molecule has 2 aromatic heterocycles. The lowest BCUT2D eigenvalue weighted by atomic mass is 9.81. The molecule has 4 aromatic rings. The van der Waals surface area contributed by atoms with Gasteiger partial charge in [0.2, 0.25) is 5.91 Å². The summed E-state index contributed by atoms with van der Waals surface area (Å²) in [6.07, 6.45) is 8.04. The standard InChI is InChI=1S/C30H31BrN4O2.ClH/c1-20(2)28-14-13-24(16-32-28)35(30(37)27-7-3-6-26-25(27)5-4-8-29(26)36)19-22-15-33-34(18-22)17-21-9-11-23(31)12-10-21;/h4-5,8-16,18,20,27,36H,3,6-7,17,19H2,1-2H3;1H. The van der Waals surface area contributed by atoms with E-state index in [0.29, 0.717) is 19.0 Å². The molecule has 6 nitrogen and oxygen atoms in total. The molecule has 1 unspecified atom stereocenters. The lowest BCUT2D eigenvalue weighted by molar-refractivity contribution is -0.120. The van der Waals surface area contributed by atoms with E-state index < -0.39 is 0 Å². The summed E-state index contributed by atoms with van der Waals surface area (Å²) in [5, 5.41) is 15.0. The van der Waals surface area contributed by atoms with Gasteiger partial charge < -0.3 is 10.0 Å². The summed E-state index contributed by atoms with van der Waals surface area (Å²) in [6.45, 7) is 5.26. The number of rotatable bonds is 7. The third-order valence-corrected chi connectivity index (χ3v) is 7.53. The Labute approximate surface area is 238 Å². The molecule has 0 fully saturated rings. The SMILES string of the molecule is CC(C)c1ccc(N(Cc2cnn(Cc3ccc(Br)cc3)c2)C(=O)C2CCCc3c(O)cccc32)cn1.Cl. The van der Waals surface area contributed by atoms with Crippen LogP contribution in [0.15, 0.2) is 77.7 Å². The molecule has 0 saturated carbocycles. The Morgan fingerprint density at radius 3 is 2.61 bits per heavy atom. The molecule has 1 N–H and O–H groups in total. The Bertz CT molecular complexity index is 1390. The second kappa shape index (κ2) is 12.1. The van der Waals surface area contributed by atoms with Crippen LogP contribution in [0.5, 0.6) is 5.75 Å².